The molecule has 6 heteroatoms. The first kappa shape index (κ1) is 15.5. The molecule has 1 saturated heterocycles. The van der Waals surface area contributed by atoms with E-state index < -0.39 is 23.4 Å². The van der Waals surface area contributed by atoms with Crippen molar-refractivity contribution >= 4 is 11.9 Å². The summed E-state index contributed by atoms with van der Waals surface area (Å²) >= 11 is 0. The number of hydrogen-bond acceptors (Lipinski definition) is 5. The highest BCUT2D eigenvalue weighted by Gasteiger charge is 2.49. The minimum Gasteiger partial charge on any atom is -0.481 e. The van der Waals surface area contributed by atoms with Gasteiger partial charge in [-0.1, -0.05) is 30.3 Å². The Labute approximate surface area is 123 Å². The fourth-order valence-electron chi connectivity index (χ4n) is 2.55. The van der Waals surface area contributed by atoms with Crippen LogP contribution in [0.4, 0.5) is 0 Å². The first-order valence-electron chi connectivity index (χ1n) is 6.96. The molecule has 1 aliphatic rings. The van der Waals surface area contributed by atoms with E-state index in [1.54, 1.807) is 0 Å². The molecule has 1 aromatic rings. The molecule has 2 rings (SSSR count). The average Bonchev–Trinajstić information content (AvgIpc) is 2.53. The van der Waals surface area contributed by atoms with Gasteiger partial charge in [0.15, 0.2) is 0 Å². The Bertz CT molecular complexity index is 498. The first-order chi connectivity index (χ1) is 10.1. The lowest BCUT2D eigenvalue weighted by Gasteiger charge is -2.36. The summed E-state index contributed by atoms with van der Waals surface area (Å²) in [5.41, 5.74) is 5.45. The summed E-state index contributed by atoms with van der Waals surface area (Å²) in [7, 11) is 0. The molecule has 0 amide bonds. The Balaban J connectivity index is 2.01. The number of aliphatic carboxylic acids is 1. The molecule has 0 bridgehead atoms. The summed E-state index contributed by atoms with van der Waals surface area (Å²) in [5, 5.41) is 12.5. The fourth-order valence-corrected chi connectivity index (χ4v) is 2.55. The standard InChI is InChI=1S/C15H20N2O4/c16-12(15(14(19)20)7-4-8-17-10-15)13(18)21-9-11-5-2-1-3-6-11/h1-3,5-6,12,17H,4,7-10,16H2,(H,19,20). The largest absolute Gasteiger partial charge is 0.481 e. The van der Waals surface area contributed by atoms with E-state index in [0.29, 0.717) is 12.8 Å². The number of carboxylic acids is 1. The zero-order valence-corrected chi connectivity index (χ0v) is 11.7. The summed E-state index contributed by atoms with van der Waals surface area (Å²) in [6, 6.07) is 8.03. The van der Waals surface area contributed by atoms with Crippen LogP contribution in [0.15, 0.2) is 30.3 Å². The monoisotopic (exact) mass is 292 g/mol. The molecular weight excluding hydrogens is 272 g/mol. The van der Waals surface area contributed by atoms with Gasteiger partial charge in [-0.15, -0.1) is 0 Å². The van der Waals surface area contributed by atoms with Crippen molar-refractivity contribution < 1.29 is 19.4 Å². The minimum absolute atomic E-state index is 0.0938. The molecule has 0 spiro atoms. The molecular formula is C15H20N2O4. The summed E-state index contributed by atoms with van der Waals surface area (Å²) in [6.45, 7) is 1.02. The summed E-state index contributed by atoms with van der Waals surface area (Å²) in [5.74, 6) is -1.73. The predicted molar refractivity (Wildman–Crippen MR) is 76.4 cm³/mol. The van der Waals surface area contributed by atoms with Crippen molar-refractivity contribution in [2.75, 3.05) is 13.1 Å². The third-order valence-corrected chi connectivity index (χ3v) is 3.92. The van der Waals surface area contributed by atoms with E-state index in [4.69, 9.17) is 10.5 Å². The molecule has 114 valence electrons. The van der Waals surface area contributed by atoms with Crippen LogP contribution in [0.1, 0.15) is 18.4 Å². The normalized spacial score (nSPS) is 23.3. The lowest BCUT2D eigenvalue weighted by atomic mass is 9.74. The Morgan fingerprint density at radius 2 is 2.10 bits per heavy atom. The van der Waals surface area contributed by atoms with Crippen molar-refractivity contribution in [2.24, 2.45) is 11.1 Å². The number of carbonyl (C=O) groups excluding carboxylic acids is 1. The smallest absolute Gasteiger partial charge is 0.324 e. The lowest BCUT2D eigenvalue weighted by molar-refractivity contribution is -0.162. The second-order valence-corrected chi connectivity index (χ2v) is 5.31. The molecule has 1 aromatic carbocycles. The van der Waals surface area contributed by atoms with Crippen LogP contribution in [-0.4, -0.2) is 36.2 Å². The van der Waals surface area contributed by atoms with Crippen molar-refractivity contribution in [3.8, 4) is 0 Å². The second-order valence-electron chi connectivity index (χ2n) is 5.31. The van der Waals surface area contributed by atoms with E-state index in [-0.39, 0.29) is 13.2 Å². The van der Waals surface area contributed by atoms with Gasteiger partial charge >= 0.3 is 11.9 Å². The van der Waals surface area contributed by atoms with Crippen molar-refractivity contribution in [3.63, 3.8) is 0 Å². The van der Waals surface area contributed by atoms with Gasteiger partial charge < -0.3 is 20.9 Å². The van der Waals surface area contributed by atoms with Gasteiger partial charge in [0.1, 0.15) is 18.1 Å². The quantitative estimate of drug-likeness (QED) is 0.684. The number of hydrogen-bond donors (Lipinski definition) is 3. The molecule has 6 nitrogen and oxygen atoms in total. The number of piperidine rings is 1. The van der Waals surface area contributed by atoms with E-state index in [0.717, 1.165) is 12.1 Å². The van der Waals surface area contributed by atoms with E-state index in [1.807, 2.05) is 30.3 Å². The van der Waals surface area contributed by atoms with E-state index >= 15 is 0 Å². The second kappa shape index (κ2) is 6.69. The molecule has 1 fully saturated rings. The van der Waals surface area contributed by atoms with Crippen LogP contribution >= 0.6 is 0 Å². The zero-order chi connectivity index (χ0) is 15.3. The number of benzene rings is 1. The first-order valence-corrected chi connectivity index (χ1v) is 6.96. The van der Waals surface area contributed by atoms with Crippen LogP contribution in [0.5, 0.6) is 0 Å². The maximum Gasteiger partial charge on any atom is 0.324 e. The fraction of sp³-hybridized carbons (Fsp3) is 0.467. The highest BCUT2D eigenvalue weighted by atomic mass is 16.5. The molecule has 0 saturated carbocycles. The number of nitrogens with one attached hydrogen (secondary N) is 1. The molecule has 2 atom stereocenters. The van der Waals surface area contributed by atoms with Crippen molar-refractivity contribution in [3.05, 3.63) is 35.9 Å². The SMILES string of the molecule is NC(C(=O)OCc1ccccc1)C1(C(=O)O)CCCNC1. The highest BCUT2D eigenvalue weighted by molar-refractivity contribution is 5.87. The van der Waals surface area contributed by atoms with Gasteiger partial charge in [0.25, 0.3) is 0 Å². The number of nitrogens with two attached hydrogens (primary N) is 1. The van der Waals surface area contributed by atoms with Crippen LogP contribution in [0.25, 0.3) is 0 Å². The highest BCUT2D eigenvalue weighted by Crippen LogP contribution is 2.30. The Morgan fingerprint density at radius 3 is 2.67 bits per heavy atom. The van der Waals surface area contributed by atoms with E-state index in [2.05, 4.69) is 5.32 Å². The van der Waals surface area contributed by atoms with Crippen molar-refractivity contribution in [1.29, 1.82) is 0 Å². The van der Waals surface area contributed by atoms with Crippen LogP contribution in [0.2, 0.25) is 0 Å². The number of rotatable bonds is 5. The molecule has 1 heterocycles. The summed E-state index contributed by atoms with van der Waals surface area (Å²) < 4.78 is 5.16. The van der Waals surface area contributed by atoms with Gasteiger partial charge in [0.05, 0.1) is 0 Å². The number of ether oxygens (including phenoxy) is 1. The van der Waals surface area contributed by atoms with Crippen LogP contribution < -0.4 is 11.1 Å². The van der Waals surface area contributed by atoms with Gasteiger partial charge in [-0.25, -0.2) is 0 Å². The molecule has 1 aliphatic heterocycles. The van der Waals surface area contributed by atoms with Crippen LogP contribution in [0.3, 0.4) is 0 Å². The number of esters is 1. The molecule has 0 aliphatic carbocycles. The summed E-state index contributed by atoms with van der Waals surface area (Å²) in [6.07, 6.45) is 1.04. The van der Waals surface area contributed by atoms with Crippen LogP contribution in [-0.2, 0) is 20.9 Å². The van der Waals surface area contributed by atoms with Crippen LogP contribution in [0, 0.1) is 5.41 Å². The Hall–Kier alpha value is -1.92. The molecule has 0 radical (unpaired) electrons. The van der Waals surface area contributed by atoms with Gasteiger partial charge in [-0.3, -0.25) is 9.59 Å². The molecule has 21 heavy (non-hydrogen) atoms. The molecule has 2 unspecified atom stereocenters. The minimum atomic E-state index is -1.29. The zero-order valence-electron chi connectivity index (χ0n) is 11.7. The maximum absolute atomic E-state index is 12.1. The molecule has 0 aromatic heterocycles. The van der Waals surface area contributed by atoms with Crippen molar-refractivity contribution in [2.45, 2.75) is 25.5 Å². The predicted octanol–water partition coefficient (Wildman–Crippen LogP) is 0.511. The molecule has 4 N–H and O–H groups in total. The maximum atomic E-state index is 12.1. The summed E-state index contributed by atoms with van der Waals surface area (Å²) in [4.78, 5) is 23.7. The van der Waals surface area contributed by atoms with Gasteiger partial charge in [-0.05, 0) is 24.9 Å². The Morgan fingerprint density at radius 1 is 1.38 bits per heavy atom. The number of carboxylic acid groups (broad SMARTS) is 1. The van der Waals surface area contributed by atoms with Gasteiger partial charge in [0, 0.05) is 6.54 Å². The van der Waals surface area contributed by atoms with Gasteiger partial charge in [-0.2, -0.15) is 0 Å². The topological polar surface area (TPSA) is 102 Å². The number of carbonyl (C=O) groups is 2. The lowest BCUT2D eigenvalue weighted by Crippen LogP contribution is -2.59. The van der Waals surface area contributed by atoms with Crippen molar-refractivity contribution in [1.82, 2.24) is 5.32 Å². The average molecular weight is 292 g/mol. The van der Waals surface area contributed by atoms with E-state index in [1.165, 1.54) is 0 Å². The third-order valence-electron chi connectivity index (χ3n) is 3.92. The van der Waals surface area contributed by atoms with Gasteiger partial charge in [0.2, 0.25) is 0 Å². The Kier molecular flexibility index (Phi) is 4.93. The third kappa shape index (κ3) is 3.40. The van der Waals surface area contributed by atoms with E-state index in [9.17, 15) is 14.7 Å².